The van der Waals surface area contributed by atoms with Gasteiger partial charge in [0, 0.05) is 25.2 Å². The van der Waals surface area contributed by atoms with Crippen LogP contribution in [0.2, 0.25) is 0 Å². The van der Waals surface area contributed by atoms with Crippen molar-refractivity contribution in [3.8, 4) is 0 Å². The molecule has 0 atom stereocenters. The van der Waals surface area contributed by atoms with Gasteiger partial charge in [0.25, 0.3) is 0 Å². The summed E-state index contributed by atoms with van der Waals surface area (Å²) in [5, 5.41) is 4.72. The number of thiazole rings is 1. The summed E-state index contributed by atoms with van der Waals surface area (Å²) in [6.07, 6.45) is 0. The number of anilines is 2. The Hall–Kier alpha value is -1.84. The molecule has 1 aromatic heterocycles. The summed E-state index contributed by atoms with van der Waals surface area (Å²) in [6.45, 7) is 0.356. The van der Waals surface area contributed by atoms with Gasteiger partial charge in [0.1, 0.15) is 4.90 Å². The van der Waals surface area contributed by atoms with E-state index in [0.717, 1.165) is 15.6 Å². The van der Waals surface area contributed by atoms with Gasteiger partial charge in [0.2, 0.25) is 10.0 Å². The van der Waals surface area contributed by atoms with E-state index in [1.165, 1.54) is 20.2 Å². The maximum Gasteiger partial charge on any atom is 0.304 e. The fourth-order valence-corrected chi connectivity index (χ4v) is 3.32. The number of nitrogens with two attached hydrogens (primary N) is 1. The number of H-pyrrole nitrogens is 1. The zero-order valence-corrected chi connectivity index (χ0v) is 13.2. The van der Waals surface area contributed by atoms with Gasteiger partial charge in [-0.3, -0.25) is 4.79 Å². The molecule has 1 aromatic carbocycles. The van der Waals surface area contributed by atoms with Crippen LogP contribution in [0.15, 0.2) is 33.3 Å². The third-order valence-corrected chi connectivity index (χ3v) is 5.46. The van der Waals surface area contributed by atoms with E-state index in [9.17, 15) is 13.2 Å². The van der Waals surface area contributed by atoms with Crippen LogP contribution in [-0.2, 0) is 16.6 Å². The number of benzene rings is 1. The smallest absolute Gasteiger partial charge is 0.304 e. The average molecular weight is 328 g/mol. The Morgan fingerprint density at radius 2 is 2.10 bits per heavy atom. The highest BCUT2D eigenvalue weighted by Gasteiger charge is 2.21. The highest BCUT2D eigenvalue weighted by molar-refractivity contribution is 7.89. The van der Waals surface area contributed by atoms with E-state index in [-0.39, 0.29) is 15.5 Å². The normalized spacial score (nSPS) is 11.8. The largest absolute Gasteiger partial charge is 0.396 e. The predicted molar refractivity (Wildman–Crippen MR) is 84.0 cm³/mol. The number of sulfonamides is 1. The van der Waals surface area contributed by atoms with Crippen molar-refractivity contribution in [2.24, 2.45) is 0 Å². The molecule has 0 aliphatic rings. The monoisotopic (exact) mass is 328 g/mol. The number of nitrogens with one attached hydrogen (secondary N) is 2. The molecule has 114 valence electrons. The first kappa shape index (κ1) is 15.5. The van der Waals surface area contributed by atoms with Crippen molar-refractivity contribution < 1.29 is 8.42 Å². The van der Waals surface area contributed by atoms with Gasteiger partial charge in [-0.05, 0) is 12.1 Å². The number of para-hydroxylation sites is 1. The second-order valence-corrected chi connectivity index (χ2v) is 7.49. The number of aromatic amines is 1. The average Bonchev–Trinajstić information content (AvgIpc) is 2.83. The lowest BCUT2D eigenvalue weighted by molar-refractivity contribution is 0.521. The van der Waals surface area contributed by atoms with Crippen LogP contribution in [0.25, 0.3) is 0 Å². The number of rotatable bonds is 5. The summed E-state index contributed by atoms with van der Waals surface area (Å²) in [7, 11) is -0.698. The van der Waals surface area contributed by atoms with Gasteiger partial charge >= 0.3 is 4.87 Å². The van der Waals surface area contributed by atoms with E-state index < -0.39 is 10.0 Å². The molecule has 0 radical (unpaired) electrons. The predicted octanol–water partition coefficient (Wildman–Crippen LogP) is 0.881. The Balaban J connectivity index is 2.28. The van der Waals surface area contributed by atoms with Crippen molar-refractivity contribution in [1.29, 1.82) is 0 Å². The van der Waals surface area contributed by atoms with E-state index >= 15 is 0 Å². The molecule has 0 saturated heterocycles. The Bertz CT molecular complexity index is 793. The highest BCUT2D eigenvalue weighted by Crippen LogP contribution is 2.28. The van der Waals surface area contributed by atoms with E-state index in [1.54, 1.807) is 17.5 Å². The summed E-state index contributed by atoms with van der Waals surface area (Å²) in [5.41, 5.74) is 7.31. The lowest BCUT2D eigenvalue weighted by Crippen LogP contribution is -2.23. The molecule has 0 unspecified atom stereocenters. The van der Waals surface area contributed by atoms with Crippen LogP contribution in [0.3, 0.4) is 0 Å². The van der Waals surface area contributed by atoms with Gasteiger partial charge in [0.15, 0.2) is 0 Å². The molecule has 2 rings (SSSR count). The standard InChI is InChI=1S/C12H16N4O3S2/c1-16(2)21(18,19)10-5-3-4-9(11(10)13)14-6-8-7-20-12(17)15-8/h3-5,7,14H,6,13H2,1-2H3,(H,15,17). The Morgan fingerprint density at radius 1 is 1.38 bits per heavy atom. The van der Waals surface area contributed by atoms with E-state index in [4.69, 9.17) is 5.73 Å². The molecule has 0 aliphatic carbocycles. The van der Waals surface area contributed by atoms with Crippen LogP contribution in [0, 0.1) is 0 Å². The van der Waals surface area contributed by atoms with Gasteiger partial charge in [-0.25, -0.2) is 12.7 Å². The molecule has 7 nitrogen and oxygen atoms in total. The Labute approximate surface area is 126 Å². The lowest BCUT2D eigenvalue weighted by atomic mass is 10.2. The van der Waals surface area contributed by atoms with Crippen molar-refractivity contribution in [3.63, 3.8) is 0 Å². The van der Waals surface area contributed by atoms with Crippen molar-refractivity contribution in [1.82, 2.24) is 9.29 Å². The summed E-state index contributed by atoms with van der Waals surface area (Å²) in [4.78, 5) is 13.6. The first-order chi connectivity index (χ1) is 9.82. The second kappa shape index (κ2) is 5.88. The molecule has 21 heavy (non-hydrogen) atoms. The van der Waals surface area contributed by atoms with Gasteiger partial charge in [-0.1, -0.05) is 17.4 Å². The molecule has 1 heterocycles. The third kappa shape index (κ3) is 3.26. The van der Waals surface area contributed by atoms with Gasteiger partial charge in [-0.15, -0.1) is 0 Å². The zero-order valence-electron chi connectivity index (χ0n) is 11.6. The second-order valence-electron chi connectivity index (χ2n) is 4.53. The van der Waals surface area contributed by atoms with Gasteiger partial charge in [-0.2, -0.15) is 0 Å². The quantitative estimate of drug-likeness (QED) is 0.706. The topological polar surface area (TPSA) is 108 Å². The molecule has 0 amide bonds. The number of hydrogen-bond acceptors (Lipinski definition) is 6. The number of nitrogen functional groups attached to an aromatic ring is 1. The third-order valence-electron chi connectivity index (χ3n) is 2.86. The first-order valence-corrected chi connectivity index (χ1v) is 8.36. The van der Waals surface area contributed by atoms with Crippen LogP contribution < -0.4 is 15.9 Å². The molecule has 0 spiro atoms. The summed E-state index contributed by atoms with van der Waals surface area (Å²) in [6, 6.07) is 4.77. The molecule has 0 fully saturated rings. The number of aromatic nitrogens is 1. The van der Waals surface area contributed by atoms with Crippen molar-refractivity contribution in [2.75, 3.05) is 25.1 Å². The van der Waals surface area contributed by atoms with E-state index in [2.05, 4.69) is 10.3 Å². The fraction of sp³-hybridized carbons (Fsp3) is 0.250. The van der Waals surface area contributed by atoms with Crippen LogP contribution in [-0.4, -0.2) is 31.8 Å². The van der Waals surface area contributed by atoms with Crippen molar-refractivity contribution in [3.05, 3.63) is 38.9 Å². The number of hydrogen-bond donors (Lipinski definition) is 3. The summed E-state index contributed by atoms with van der Waals surface area (Å²) < 4.78 is 25.4. The summed E-state index contributed by atoms with van der Waals surface area (Å²) >= 11 is 1.07. The maximum absolute atomic E-state index is 12.2. The molecule has 9 heteroatoms. The van der Waals surface area contributed by atoms with Crippen LogP contribution in [0.4, 0.5) is 11.4 Å². The van der Waals surface area contributed by atoms with Crippen LogP contribution >= 0.6 is 11.3 Å². The van der Waals surface area contributed by atoms with E-state index in [0.29, 0.717) is 17.9 Å². The molecular formula is C12H16N4O3S2. The molecule has 4 N–H and O–H groups in total. The highest BCUT2D eigenvalue weighted by atomic mass is 32.2. The maximum atomic E-state index is 12.2. The van der Waals surface area contributed by atoms with Crippen LogP contribution in [0.5, 0.6) is 0 Å². The minimum Gasteiger partial charge on any atom is -0.396 e. The Morgan fingerprint density at radius 3 is 2.67 bits per heavy atom. The molecular weight excluding hydrogens is 312 g/mol. The molecule has 2 aromatic rings. The van der Waals surface area contributed by atoms with Gasteiger partial charge in [0.05, 0.1) is 17.9 Å². The lowest BCUT2D eigenvalue weighted by Gasteiger charge is -2.16. The molecule has 0 aliphatic heterocycles. The van der Waals surface area contributed by atoms with Crippen LogP contribution in [0.1, 0.15) is 5.69 Å². The van der Waals surface area contributed by atoms with Crippen molar-refractivity contribution >= 4 is 32.7 Å². The van der Waals surface area contributed by atoms with E-state index in [1.807, 2.05) is 0 Å². The van der Waals surface area contributed by atoms with Gasteiger partial charge < -0.3 is 16.0 Å². The summed E-state index contributed by atoms with van der Waals surface area (Å²) in [5.74, 6) is 0. The molecule has 0 bridgehead atoms. The minimum atomic E-state index is -3.60. The Kier molecular flexibility index (Phi) is 4.35. The first-order valence-electron chi connectivity index (χ1n) is 6.04. The SMILES string of the molecule is CN(C)S(=O)(=O)c1cccc(NCc2csc(=O)[nH]2)c1N. The van der Waals surface area contributed by atoms with Crippen molar-refractivity contribution in [2.45, 2.75) is 11.4 Å². The number of nitrogens with zero attached hydrogens (tertiary/aromatic N) is 1. The zero-order chi connectivity index (χ0) is 15.6. The minimum absolute atomic E-state index is 0.0521. The fourth-order valence-electron chi connectivity index (χ4n) is 1.71. The molecule has 0 saturated carbocycles.